The Hall–Kier alpha value is -3.60. The molecule has 4 aromatic rings. The fourth-order valence-electron chi connectivity index (χ4n) is 2.72. The lowest BCUT2D eigenvalue weighted by Crippen LogP contribution is -2.00. The molecule has 0 atom stereocenters. The molecule has 0 saturated heterocycles. The summed E-state index contributed by atoms with van der Waals surface area (Å²) in [7, 11) is 0. The van der Waals surface area contributed by atoms with Crippen molar-refractivity contribution in [1.29, 1.82) is 0 Å². The lowest BCUT2D eigenvalue weighted by atomic mass is 10.1. The van der Waals surface area contributed by atoms with Crippen LogP contribution in [0.1, 0.15) is 17.3 Å². The minimum atomic E-state index is 0.0444. The zero-order valence-corrected chi connectivity index (χ0v) is 14.2. The number of hydrogen-bond acceptors (Lipinski definition) is 5. The van der Waals surface area contributed by atoms with Crippen molar-refractivity contribution in [3.8, 4) is 11.4 Å². The molecule has 5 heteroatoms. The van der Waals surface area contributed by atoms with Crippen molar-refractivity contribution in [1.82, 2.24) is 15.0 Å². The van der Waals surface area contributed by atoms with Crippen molar-refractivity contribution >= 4 is 28.2 Å². The number of pyridine rings is 1. The molecule has 0 bridgehead atoms. The highest BCUT2D eigenvalue weighted by Gasteiger charge is 2.10. The van der Waals surface area contributed by atoms with Gasteiger partial charge in [0.1, 0.15) is 5.82 Å². The minimum absolute atomic E-state index is 0.0444. The number of nitrogens with one attached hydrogen (secondary N) is 1. The largest absolute Gasteiger partial charge is 0.340 e. The second-order valence-electron chi connectivity index (χ2n) is 5.91. The van der Waals surface area contributed by atoms with Gasteiger partial charge in [0.05, 0.1) is 5.52 Å². The average Bonchev–Trinajstić information content (AvgIpc) is 2.69. The number of nitrogens with zero attached hydrogens (tertiary/aromatic N) is 3. The molecule has 2 aromatic carbocycles. The molecule has 0 aliphatic carbocycles. The van der Waals surface area contributed by atoms with Crippen molar-refractivity contribution in [2.75, 3.05) is 5.32 Å². The van der Waals surface area contributed by atoms with Crippen LogP contribution in [0.15, 0.2) is 73.1 Å². The molecule has 2 aromatic heterocycles. The van der Waals surface area contributed by atoms with Gasteiger partial charge in [0.2, 0.25) is 0 Å². The van der Waals surface area contributed by atoms with Gasteiger partial charge in [0, 0.05) is 34.6 Å². The van der Waals surface area contributed by atoms with E-state index in [1.165, 1.54) is 0 Å². The number of rotatable bonds is 4. The van der Waals surface area contributed by atoms with Crippen LogP contribution in [-0.2, 0) is 0 Å². The highest BCUT2D eigenvalue weighted by atomic mass is 16.1. The van der Waals surface area contributed by atoms with Crippen molar-refractivity contribution in [2.45, 2.75) is 6.92 Å². The molecule has 0 unspecified atom stereocenters. The molecule has 26 heavy (non-hydrogen) atoms. The number of carbonyl (C=O) groups excluding carboxylic acids is 1. The van der Waals surface area contributed by atoms with Gasteiger partial charge in [-0.1, -0.05) is 12.1 Å². The van der Waals surface area contributed by atoms with Crippen molar-refractivity contribution in [3.05, 3.63) is 78.6 Å². The maximum atomic E-state index is 11.4. The SMILES string of the molecule is CC(=O)c1ccc(Nc2nc(-c3cccnc3)nc3ccccc23)cc1. The zero-order valence-electron chi connectivity index (χ0n) is 14.2. The summed E-state index contributed by atoms with van der Waals surface area (Å²) in [5.41, 5.74) is 3.24. The first kappa shape index (κ1) is 15.9. The van der Waals surface area contributed by atoms with Crippen LogP contribution < -0.4 is 5.32 Å². The summed E-state index contributed by atoms with van der Waals surface area (Å²) >= 11 is 0. The second-order valence-corrected chi connectivity index (χ2v) is 5.91. The number of benzene rings is 2. The lowest BCUT2D eigenvalue weighted by Gasteiger charge is -2.11. The van der Waals surface area contributed by atoms with Gasteiger partial charge in [0.25, 0.3) is 0 Å². The van der Waals surface area contributed by atoms with Gasteiger partial charge in [-0.3, -0.25) is 9.78 Å². The Morgan fingerprint density at radius 3 is 2.46 bits per heavy atom. The second kappa shape index (κ2) is 6.72. The molecule has 0 amide bonds. The number of hydrogen-bond donors (Lipinski definition) is 1. The van der Waals surface area contributed by atoms with Crippen molar-refractivity contribution in [2.24, 2.45) is 0 Å². The van der Waals surface area contributed by atoms with E-state index in [0.717, 1.165) is 22.2 Å². The smallest absolute Gasteiger partial charge is 0.163 e. The van der Waals surface area contributed by atoms with Gasteiger partial charge in [-0.2, -0.15) is 0 Å². The maximum absolute atomic E-state index is 11.4. The third-order valence-corrected chi connectivity index (χ3v) is 4.08. The van der Waals surface area contributed by atoms with Crippen LogP contribution >= 0.6 is 0 Å². The summed E-state index contributed by atoms with van der Waals surface area (Å²) in [6.45, 7) is 1.56. The molecular weight excluding hydrogens is 324 g/mol. The first-order valence-corrected chi connectivity index (χ1v) is 8.26. The molecule has 0 saturated carbocycles. The van der Waals surface area contributed by atoms with Gasteiger partial charge in [0.15, 0.2) is 11.6 Å². The summed E-state index contributed by atoms with van der Waals surface area (Å²) in [6.07, 6.45) is 3.47. The summed E-state index contributed by atoms with van der Waals surface area (Å²) in [5.74, 6) is 1.37. The van der Waals surface area contributed by atoms with Crippen LogP contribution in [0.3, 0.4) is 0 Å². The number of aromatic nitrogens is 3. The van der Waals surface area contributed by atoms with Crippen LogP contribution in [-0.4, -0.2) is 20.7 Å². The van der Waals surface area contributed by atoms with E-state index >= 15 is 0 Å². The molecule has 0 aliphatic rings. The van der Waals surface area contributed by atoms with Gasteiger partial charge < -0.3 is 5.32 Å². The number of fused-ring (bicyclic) bond motifs is 1. The molecule has 5 nitrogen and oxygen atoms in total. The van der Waals surface area contributed by atoms with E-state index in [9.17, 15) is 4.79 Å². The molecule has 0 aliphatic heterocycles. The van der Waals surface area contributed by atoms with E-state index in [0.29, 0.717) is 17.2 Å². The lowest BCUT2D eigenvalue weighted by molar-refractivity contribution is 0.101. The Kier molecular flexibility index (Phi) is 4.11. The van der Waals surface area contributed by atoms with Gasteiger partial charge in [-0.05, 0) is 55.5 Å². The monoisotopic (exact) mass is 340 g/mol. The van der Waals surface area contributed by atoms with Crippen LogP contribution in [0, 0.1) is 0 Å². The van der Waals surface area contributed by atoms with Crippen LogP contribution in [0.4, 0.5) is 11.5 Å². The van der Waals surface area contributed by atoms with Crippen LogP contribution in [0.25, 0.3) is 22.3 Å². The topological polar surface area (TPSA) is 67.8 Å². The highest BCUT2D eigenvalue weighted by molar-refractivity contribution is 5.95. The van der Waals surface area contributed by atoms with Crippen molar-refractivity contribution < 1.29 is 4.79 Å². The quantitative estimate of drug-likeness (QED) is 0.548. The summed E-state index contributed by atoms with van der Waals surface area (Å²) in [6, 6.07) is 19.0. The fourth-order valence-corrected chi connectivity index (χ4v) is 2.72. The number of Topliss-reactive ketones (excluding diaryl/α,β-unsaturated/α-hetero) is 1. The first-order chi connectivity index (χ1) is 12.7. The Morgan fingerprint density at radius 1 is 0.923 bits per heavy atom. The normalized spacial score (nSPS) is 10.7. The van der Waals surface area contributed by atoms with Crippen LogP contribution in [0.2, 0.25) is 0 Å². The zero-order chi connectivity index (χ0) is 17.9. The van der Waals surface area contributed by atoms with Gasteiger partial charge in [-0.15, -0.1) is 0 Å². The summed E-state index contributed by atoms with van der Waals surface area (Å²) < 4.78 is 0. The Balaban J connectivity index is 1.79. The average molecular weight is 340 g/mol. The molecule has 0 radical (unpaired) electrons. The molecule has 0 fully saturated rings. The maximum Gasteiger partial charge on any atom is 0.163 e. The predicted molar refractivity (Wildman–Crippen MR) is 102 cm³/mol. The Labute approximate surface area is 150 Å². The number of carbonyl (C=O) groups is 1. The van der Waals surface area contributed by atoms with Crippen LogP contribution in [0.5, 0.6) is 0 Å². The third-order valence-electron chi connectivity index (χ3n) is 4.08. The molecular formula is C21H16N4O. The Bertz CT molecular complexity index is 1080. The highest BCUT2D eigenvalue weighted by Crippen LogP contribution is 2.27. The van der Waals surface area contributed by atoms with Crippen molar-refractivity contribution in [3.63, 3.8) is 0 Å². The van der Waals surface area contributed by atoms with E-state index in [1.54, 1.807) is 31.5 Å². The first-order valence-electron chi connectivity index (χ1n) is 8.26. The standard InChI is InChI=1S/C21H16N4O/c1-14(26)15-8-10-17(11-9-15)23-21-18-6-2-3-7-19(18)24-20(25-21)16-5-4-12-22-13-16/h2-13H,1H3,(H,23,24,25). The molecule has 2 heterocycles. The van der Waals surface area contributed by atoms with E-state index in [1.807, 2.05) is 48.5 Å². The number of ketones is 1. The van der Waals surface area contributed by atoms with E-state index < -0.39 is 0 Å². The molecule has 4 rings (SSSR count). The fraction of sp³-hybridized carbons (Fsp3) is 0.0476. The minimum Gasteiger partial charge on any atom is -0.340 e. The van der Waals surface area contributed by atoms with E-state index in [-0.39, 0.29) is 5.78 Å². The molecule has 0 spiro atoms. The van der Waals surface area contributed by atoms with Gasteiger partial charge in [-0.25, -0.2) is 9.97 Å². The van der Waals surface area contributed by atoms with E-state index in [2.05, 4.69) is 15.3 Å². The summed E-state index contributed by atoms with van der Waals surface area (Å²) in [5, 5.41) is 4.27. The number of anilines is 2. The molecule has 126 valence electrons. The van der Waals surface area contributed by atoms with E-state index in [4.69, 9.17) is 4.98 Å². The number of para-hydroxylation sites is 1. The Morgan fingerprint density at radius 2 is 1.73 bits per heavy atom. The third kappa shape index (κ3) is 3.15. The van der Waals surface area contributed by atoms with Gasteiger partial charge >= 0.3 is 0 Å². The summed E-state index contributed by atoms with van der Waals surface area (Å²) in [4.78, 5) is 24.9. The predicted octanol–water partition coefficient (Wildman–Crippen LogP) is 4.64. The molecule has 1 N–H and O–H groups in total.